The normalized spacial score (nSPS) is 12.4. The summed E-state index contributed by atoms with van der Waals surface area (Å²) >= 11 is 0. The minimum absolute atomic E-state index is 0.0133. The zero-order chi connectivity index (χ0) is 19.6. The molecule has 0 saturated carbocycles. The molecule has 146 valence electrons. The van der Waals surface area contributed by atoms with Crippen molar-refractivity contribution < 1.29 is 14.6 Å². The van der Waals surface area contributed by atoms with Crippen molar-refractivity contribution in [3.63, 3.8) is 0 Å². The summed E-state index contributed by atoms with van der Waals surface area (Å²) in [6.07, 6.45) is -0.0133. The highest BCUT2D eigenvalue weighted by atomic mass is 16.5. The number of hydrogen-bond acceptors (Lipinski definition) is 4. The average molecular weight is 371 g/mol. The second-order valence-corrected chi connectivity index (χ2v) is 6.33. The SMILES string of the molecule is CCNC(=NCc1ccc(OC)c(O)c1)NCC(C)Oc1cccc(C)c1. The highest BCUT2D eigenvalue weighted by Crippen LogP contribution is 2.26. The Morgan fingerprint density at radius 2 is 2.00 bits per heavy atom. The average Bonchev–Trinajstić information content (AvgIpc) is 2.64. The number of nitrogens with one attached hydrogen (secondary N) is 2. The first-order chi connectivity index (χ1) is 13.0. The zero-order valence-corrected chi connectivity index (χ0v) is 16.5. The van der Waals surface area contributed by atoms with Crippen molar-refractivity contribution in [2.24, 2.45) is 4.99 Å². The van der Waals surface area contributed by atoms with E-state index in [4.69, 9.17) is 9.47 Å². The van der Waals surface area contributed by atoms with Gasteiger partial charge in [-0.1, -0.05) is 18.2 Å². The number of benzene rings is 2. The molecule has 0 aliphatic carbocycles. The Balaban J connectivity index is 1.91. The van der Waals surface area contributed by atoms with Crippen LogP contribution >= 0.6 is 0 Å². The molecule has 2 aromatic carbocycles. The van der Waals surface area contributed by atoms with Crippen LogP contribution in [0.5, 0.6) is 17.2 Å². The number of aromatic hydroxyl groups is 1. The van der Waals surface area contributed by atoms with E-state index >= 15 is 0 Å². The quantitative estimate of drug-likeness (QED) is 0.491. The van der Waals surface area contributed by atoms with Crippen LogP contribution in [-0.4, -0.2) is 37.4 Å². The zero-order valence-electron chi connectivity index (χ0n) is 16.5. The second-order valence-electron chi connectivity index (χ2n) is 6.33. The maximum Gasteiger partial charge on any atom is 0.191 e. The van der Waals surface area contributed by atoms with Gasteiger partial charge in [0.05, 0.1) is 20.2 Å². The number of methoxy groups -OCH3 is 1. The van der Waals surface area contributed by atoms with E-state index in [1.165, 1.54) is 12.7 Å². The Bertz CT molecular complexity index is 762. The van der Waals surface area contributed by atoms with Crippen molar-refractivity contribution in [1.82, 2.24) is 10.6 Å². The summed E-state index contributed by atoms with van der Waals surface area (Å²) in [5.41, 5.74) is 2.07. The van der Waals surface area contributed by atoms with Crippen LogP contribution in [0.1, 0.15) is 25.0 Å². The molecule has 6 nitrogen and oxygen atoms in total. The largest absolute Gasteiger partial charge is 0.504 e. The summed E-state index contributed by atoms with van der Waals surface area (Å²) in [4.78, 5) is 4.56. The fourth-order valence-electron chi connectivity index (χ4n) is 2.55. The fraction of sp³-hybridized carbons (Fsp3) is 0.381. The minimum atomic E-state index is -0.0133. The van der Waals surface area contributed by atoms with Gasteiger partial charge >= 0.3 is 0 Å². The van der Waals surface area contributed by atoms with E-state index < -0.39 is 0 Å². The molecular formula is C21H29N3O3. The van der Waals surface area contributed by atoms with Gasteiger partial charge in [0.2, 0.25) is 0 Å². The van der Waals surface area contributed by atoms with Crippen molar-refractivity contribution in [2.75, 3.05) is 20.2 Å². The first-order valence-corrected chi connectivity index (χ1v) is 9.13. The number of nitrogens with zero attached hydrogens (tertiary/aromatic N) is 1. The van der Waals surface area contributed by atoms with Crippen LogP contribution in [0.4, 0.5) is 0 Å². The molecule has 0 aliphatic rings. The first kappa shape index (κ1) is 20.4. The molecule has 0 fully saturated rings. The molecule has 3 N–H and O–H groups in total. The van der Waals surface area contributed by atoms with Crippen molar-refractivity contribution in [2.45, 2.75) is 33.4 Å². The number of hydrogen-bond donors (Lipinski definition) is 3. The van der Waals surface area contributed by atoms with E-state index in [-0.39, 0.29) is 11.9 Å². The maximum absolute atomic E-state index is 9.87. The van der Waals surface area contributed by atoms with Gasteiger partial charge in [-0.05, 0) is 56.2 Å². The van der Waals surface area contributed by atoms with Gasteiger partial charge in [-0.25, -0.2) is 4.99 Å². The van der Waals surface area contributed by atoms with Crippen molar-refractivity contribution in [3.05, 3.63) is 53.6 Å². The molecule has 2 rings (SSSR count). The monoisotopic (exact) mass is 371 g/mol. The Kier molecular flexibility index (Phi) is 7.79. The maximum atomic E-state index is 9.87. The van der Waals surface area contributed by atoms with Crippen LogP contribution in [0.15, 0.2) is 47.5 Å². The van der Waals surface area contributed by atoms with E-state index in [2.05, 4.69) is 15.6 Å². The highest BCUT2D eigenvalue weighted by molar-refractivity contribution is 5.79. The van der Waals surface area contributed by atoms with Gasteiger partial charge in [0.1, 0.15) is 11.9 Å². The summed E-state index contributed by atoms with van der Waals surface area (Å²) < 4.78 is 11.0. The summed E-state index contributed by atoms with van der Waals surface area (Å²) in [5.74, 6) is 2.13. The predicted octanol–water partition coefficient (Wildman–Crippen LogP) is 3.23. The minimum Gasteiger partial charge on any atom is -0.504 e. The summed E-state index contributed by atoms with van der Waals surface area (Å²) in [6.45, 7) is 7.90. The third-order valence-electron chi connectivity index (χ3n) is 3.89. The van der Waals surface area contributed by atoms with E-state index in [9.17, 15) is 5.11 Å². The number of guanidine groups is 1. The van der Waals surface area contributed by atoms with Gasteiger partial charge in [0.25, 0.3) is 0 Å². The Morgan fingerprint density at radius 1 is 1.19 bits per heavy atom. The van der Waals surface area contributed by atoms with Gasteiger partial charge in [0, 0.05) is 6.54 Å². The van der Waals surface area contributed by atoms with Crippen LogP contribution in [0, 0.1) is 6.92 Å². The van der Waals surface area contributed by atoms with E-state index in [1.807, 2.05) is 51.1 Å². The van der Waals surface area contributed by atoms with Gasteiger partial charge in [-0.3, -0.25) is 0 Å². The molecule has 0 aliphatic heterocycles. The molecular weight excluding hydrogens is 342 g/mol. The van der Waals surface area contributed by atoms with Crippen LogP contribution in [0.2, 0.25) is 0 Å². The molecule has 6 heteroatoms. The van der Waals surface area contributed by atoms with E-state index in [0.29, 0.717) is 24.8 Å². The Morgan fingerprint density at radius 3 is 2.67 bits per heavy atom. The number of aryl methyl sites for hydroxylation is 1. The van der Waals surface area contributed by atoms with Crippen LogP contribution in [-0.2, 0) is 6.54 Å². The van der Waals surface area contributed by atoms with Crippen LogP contribution in [0.25, 0.3) is 0 Å². The smallest absolute Gasteiger partial charge is 0.191 e. The van der Waals surface area contributed by atoms with Gasteiger partial charge in [0.15, 0.2) is 17.5 Å². The van der Waals surface area contributed by atoms with Crippen LogP contribution in [0.3, 0.4) is 0 Å². The van der Waals surface area contributed by atoms with E-state index in [1.54, 1.807) is 12.1 Å². The molecule has 27 heavy (non-hydrogen) atoms. The lowest BCUT2D eigenvalue weighted by Crippen LogP contribution is -2.41. The number of ether oxygens (including phenoxy) is 2. The predicted molar refractivity (Wildman–Crippen MR) is 109 cm³/mol. The number of phenols is 1. The lowest BCUT2D eigenvalue weighted by Gasteiger charge is -2.18. The third-order valence-corrected chi connectivity index (χ3v) is 3.89. The first-order valence-electron chi connectivity index (χ1n) is 9.13. The summed E-state index contributed by atoms with van der Waals surface area (Å²) in [6, 6.07) is 13.3. The lowest BCUT2D eigenvalue weighted by molar-refractivity contribution is 0.223. The molecule has 0 radical (unpaired) electrons. The topological polar surface area (TPSA) is 75.1 Å². The molecule has 2 aromatic rings. The molecule has 0 spiro atoms. The van der Waals surface area contributed by atoms with Crippen molar-refractivity contribution in [1.29, 1.82) is 0 Å². The van der Waals surface area contributed by atoms with Crippen LogP contribution < -0.4 is 20.1 Å². The second kappa shape index (κ2) is 10.3. The summed E-state index contributed by atoms with van der Waals surface area (Å²) in [7, 11) is 1.53. The Labute approximate surface area is 161 Å². The molecule has 1 unspecified atom stereocenters. The molecule has 0 bridgehead atoms. The van der Waals surface area contributed by atoms with Gasteiger partial charge in [-0.15, -0.1) is 0 Å². The van der Waals surface area contributed by atoms with Crippen molar-refractivity contribution in [3.8, 4) is 17.2 Å². The van der Waals surface area contributed by atoms with Gasteiger partial charge < -0.3 is 25.2 Å². The Hall–Kier alpha value is -2.89. The number of phenolic OH excluding ortho intramolecular Hbond substituents is 1. The molecule has 0 heterocycles. The molecule has 1 atom stereocenters. The summed E-state index contributed by atoms with van der Waals surface area (Å²) in [5, 5.41) is 16.4. The lowest BCUT2D eigenvalue weighted by atomic mass is 10.2. The number of aliphatic imine (C=N–C) groups is 1. The van der Waals surface area contributed by atoms with Gasteiger partial charge in [-0.2, -0.15) is 0 Å². The fourth-order valence-corrected chi connectivity index (χ4v) is 2.55. The van der Waals surface area contributed by atoms with Crippen molar-refractivity contribution >= 4 is 5.96 Å². The number of rotatable bonds is 8. The molecule has 0 amide bonds. The standard InChI is InChI=1S/C21H29N3O3/c1-5-22-21(24-14-17-9-10-20(26-4)19(25)12-17)23-13-16(3)27-18-8-6-7-15(2)11-18/h6-12,16,25H,5,13-14H2,1-4H3,(H2,22,23,24). The molecule has 0 aromatic heterocycles. The van der Waals surface area contributed by atoms with E-state index in [0.717, 1.165) is 17.9 Å². The molecule has 0 saturated heterocycles. The highest BCUT2D eigenvalue weighted by Gasteiger charge is 2.07. The third kappa shape index (κ3) is 6.73.